The quantitative estimate of drug-likeness (QED) is 0.876. The summed E-state index contributed by atoms with van der Waals surface area (Å²) in [7, 11) is -3.30. The number of carbonyl (C=O) groups excluding carboxylic acids is 1. The number of amidine groups is 1. The molecule has 1 heterocycles. The number of hydrogen-bond acceptors (Lipinski definition) is 5. The molecule has 0 saturated carbocycles. The van der Waals surface area contributed by atoms with Gasteiger partial charge in [0.2, 0.25) is 0 Å². The Morgan fingerprint density at radius 1 is 1.44 bits per heavy atom. The second kappa shape index (κ2) is 5.11. The molecule has 2 rings (SSSR count). The maximum Gasteiger partial charge on any atom is 0.257 e. The van der Waals surface area contributed by atoms with E-state index in [0.29, 0.717) is 17.3 Å². The second-order valence-electron chi connectivity index (χ2n) is 3.79. The van der Waals surface area contributed by atoms with Crippen LogP contribution >= 0.6 is 11.8 Å². The normalized spacial score (nSPS) is 15.3. The smallest absolute Gasteiger partial charge is 0.257 e. The molecule has 0 spiro atoms. The minimum Gasteiger partial charge on any atom is -0.301 e. The number of amides is 1. The molecule has 0 unspecified atom stereocenters. The van der Waals surface area contributed by atoms with E-state index < -0.39 is 9.84 Å². The van der Waals surface area contributed by atoms with E-state index in [1.807, 2.05) is 0 Å². The van der Waals surface area contributed by atoms with Gasteiger partial charge in [0.05, 0.1) is 11.4 Å². The first-order valence-corrected chi connectivity index (χ1v) is 8.13. The summed E-state index contributed by atoms with van der Waals surface area (Å²) in [5.74, 6) is 0.521. The Bertz CT molecular complexity index is 608. The highest BCUT2D eigenvalue weighted by Crippen LogP contribution is 2.13. The van der Waals surface area contributed by atoms with Crippen molar-refractivity contribution in [3.63, 3.8) is 0 Å². The number of aliphatic imine (C=N–C) groups is 1. The Labute approximate surface area is 110 Å². The lowest BCUT2D eigenvalue weighted by Crippen LogP contribution is -2.27. The van der Waals surface area contributed by atoms with E-state index in [-0.39, 0.29) is 10.8 Å². The molecule has 1 aliphatic heterocycles. The van der Waals surface area contributed by atoms with Crippen LogP contribution in [0.2, 0.25) is 0 Å². The van der Waals surface area contributed by atoms with Crippen LogP contribution in [0.25, 0.3) is 0 Å². The molecule has 7 heteroatoms. The van der Waals surface area contributed by atoms with Gasteiger partial charge in [0.1, 0.15) is 0 Å². The summed E-state index contributed by atoms with van der Waals surface area (Å²) < 4.78 is 22.8. The Kier molecular flexibility index (Phi) is 3.72. The molecular formula is C11H12N2O3S2. The first kappa shape index (κ1) is 13.1. The summed E-state index contributed by atoms with van der Waals surface area (Å²) in [6.45, 7) is 0.698. The molecule has 0 aromatic heterocycles. The van der Waals surface area contributed by atoms with Crippen molar-refractivity contribution in [2.24, 2.45) is 4.99 Å². The van der Waals surface area contributed by atoms with Crippen LogP contribution in [-0.4, -0.2) is 38.0 Å². The van der Waals surface area contributed by atoms with E-state index in [1.54, 1.807) is 12.1 Å². The van der Waals surface area contributed by atoms with Crippen LogP contribution in [0.1, 0.15) is 10.4 Å². The van der Waals surface area contributed by atoms with Gasteiger partial charge in [0.25, 0.3) is 5.91 Å². The third-order valence-electron chi connectivity index (χ3n) is 2.33. The minimum atomic E-state index is -3.30. The number of nitrogens with one attached hydrogen (secondary N) is 1. The average Bonchev–Trinajstić information content (AvgIpc) is 2.81. The van der Waals surface area contributed by atoms with Gasteiger partial charge < -0.3 is 5.32 Å². The second-order valence-corrected chi connectivity index (χ2v) is 6.89. The van der Waals surface area contributed by atoms with E-state index in [2.05, 4.69) is 10.3 Å². The number of carbonyl (C=O) groups is 1. The van der Waals surface area contributed by atoms with Gasteiger partial charge in [-0.2, -0.15) is 0 Å². The van der Waals surface area contributed by atoms with Crippen molar-refractivity contribution in [1.29, 1.82) is 0 Å². The predicted octanol–water partition coefficient (Wildman–Crippen LogP) is 0.923. The van der Waals surface area contributed by atoms with Crippen molar-refractivity contribution in [2.75, 3.05) is 18.6 Å². The first-order valence-electron chi connectivity index (χ1n) is 5.25. The van der Waals surface area contributed by atoms with Gasteiger partial charge >= 0.3 is 0 Å². The van der Waals surface area contributed by atoms with E-state index >= 15 is 0 Å². The number of nitrogens with zero attached hydrogens (tertiary/aromatic N) is 1. The fraction of sp³-hybridized carbons (Fsp3) is 0.273. The van der Waals surface area contributed by atoms with Gasteiger partial charge in [0, 0.05) is 17.6 Å². The molecule has 96 valence electrons. The van der Waals surface area contributed by atoms with E-state index in [1.165, 1.54) is 23.9 Å². The molecule has 1 N–H and O–H groups in total. The Hall–Kier alpha value is -1.34. The lowest BCUT2D eigenvalue weighted by Gasteiger charge is -2.05. The van der Waals surface area contributed by atoms with Crippen molar-refractivity contribution in [1.82, 2.24) is 5.32 Å². The summed E-state index contributed by atoms with van der Waals surface area (Å²) in [5.41, 5.74) is 0.313. The summed E-state index contributed by atoms with van der Waals surface area (Å²) in [6, 6.07) is 5.96. The maximum absolute atomic E-state index is 11.9. The molecule has 0 aliphatic carbocycles. The first-order chi connectivity index (χ1) is 8.47. The van der Waals surface area contributed by atoms with E-state index in [9.17, 15) is 13.2 Å². The molecule has 1 amide bonds. The maximum atomic E-state index is 11.9. The van der Waals surface area contributed by atoms with Crippen LogP contribution in [0, 0.1) is 0 Å². The predicted molar refractivity (Wildman–Crippen MR) is 71.8 cm³/mol. The molecule has 5 nitrogen and oxygen atoms in total. The van der Waals surface area contributed by atoms with Crippen molar-refractivity contribution in [2.45, 2.75) is 4.90 Å². The van der Waals surface area contributed by atoms with Gasteiger partial charge in [-0.25, -0.2) is 8.42 Å². The monoisotopic (exact) mass is 284 g/mol. The molecule has 0 fully saturated rings. The Morgan fingerprint density at radius 3 is 2.83 bits per heavy atom. The molecular weight excluding hydrogens is 272 g/mol. The number of hydrogen-bond donors (Lipinski definition) is 1. The van der Waals surface area contributed by atoms with Gasteiger partial charge in [0.15, 0.2) is 15.0 Å². The zero-order chi connectivity index (χ0) is 13.2. The third-order valence-corrected chi connectivity index (χ3v) is 4.33. The Balaban J connectivity index is 2.20. The van der Waals surface area contributed by atoms with E-state index in [0.717, 1.165) is 12.0 Å². The summed E-state index contributed by atoms with van der Waals surface area (Å²) in [4.78, 5) is 16.1. The van der Waals surface area contributed by atoms with Crippen molar-refractivity contribution >= 4 is 32.7 Å². The number of benzene rings is 1. The molecule has 1 aliphatic rings. The molecule has 0 radical (unpaired) electrons. The topological polar surface area (TPSA) is 75.6 Å². The SMILES string of the molecule is CS(=O)(=O)c1cccc(C(=O)NC2=NCCS2)c1. The van der Waals surface area contributed by atoms with E-state index in [4.69, 9.17) is 0 Å². The fourth-order valence-corrected chi connectivity index (χ4v) is 2.84. The highest BCUT2D eigenvalue weighted by atomic mass is 32.2. The molecule has 0 bridgehead atoms. The lowest BCUT2D eigenvalue weighted by atomic mass is 10.2. The lowest BCUT2D eigenvalue weighted by molar-refractivity contribution is 0.0978. The van der Waals surface area contributed by atoms with Crippen LogP contribution < -0.4 is 5.32 Å². The standard InChI is InChI=1S/C11H12N2O3S2/c1-18(15,16)9-4-2-3-8(7-9)10(14)13-11-12-5-6-17-11/h2-4,7H,5-6H2,1H3,(H,12,13,14). The van der Waals surface area contributed by atoms with Crippen LogP contribution in [0.5, 0.6) is 0 Å². The molecule has 1 aromatic carbocycles. The van der Waals surface area contributed by atoms with Gasteiger partial charge in [-0.05, 0) is 18.2 Å². The molecule has 1 aromatic rings. The van der Waals surface area contributed by atoms with Crippen LogP contribution in [0.3, 0.4) is 0 Å². The van der Waals surface area contributed by atoms with Crippen LogP contribution in [0.15, 0.2) is 34.2 Å². The van der Waals surface area contributed by atoms with Gasteiger partial charge in [-0.3, -0.25) is 9.79 Å². The highest BCUT2D eigenvalue weighted by Gasteiger charge is 2.14. The van der Waals surface area contributed by atoms with Crippen molar-refractivity contribution in [3.8, 4) is 0 Å². The highest BCUT2D eigenvalue weighted by molar-refractivity contribution is 8.14. The number of sulfone groups is 1. The zero-order valence-corrected chi connectivity index (χ0v) is 11.3. The Morgan fingerprint density at radius 2 is 2.22 bits per heavy atom. The van der Waals surface area contributed by atoms with Crippen LogP contribution in [0.4, 0.5) is 0 Å². The van der Waals surface area contributed by atoms with Gasteiger partial charge in [-0.15, -0.1) is 0 Å². The molecule has 18 heavy (non-hydrogen) atoms. The largest absolute Gasteiger partial charge is 0.301 e. The number of rotatable bonds is 2. The third kappa shape index (κ3) is 3.11. The summed E-state index contributed by atoms with van der Waals surface area (Å²) >= 11 is 1.47. The minimum absolute atomic E-state index is 0.135. The summed E-state index contributed by atoms with van der Waals surface area (Å²) in [5, 5.41) is 3.24. The zero-order valence-electron chi connectivity index (χ0n) is 9.71. The van der Waals surface area contributed by atoms with Gasteiger partial charge in [-0.1, -0.05) is 17.8 Å². The van der Waals surface area contributed by atoms with Crippen molar-refractivity contribution in [3.05, 3.63) is 29.8 Å². The molecule has 0 saturated heterocycles. The fourth-order valence-electron chi connectivity index (χ4n) is 1.45. The average molecular weight is 284 g/mol. The summed E-state index contributed by atoms with van der Waals surface area (Å²) in [6.07, 6.45) is 1.11. The van der Waals surface area contributed by atoms with Crippen LogP contribution in [-0.2, 0) is 9.84 Å². The number of thioether (sulfide) groups is 1. The van der Waals surface area contributed by atoms with Crippen molar-refractivity contribution < 1.29 is 13.2 Å². The molecule has 0 atom stereocenters.